The minimum Gasteiger partial charge on any atom is -0.481 e. The minimum absolute atomic E-state index is 0.00310. The van der Waals surface area contributed by atoms with Crippen LogP contribution in [0.15, 0.2) is 21.8 Å². The van der Waals surface area contributed by atoms with Crippen LogP contribution < -0.4 is 16.2 Å². The zero-order valence-corrected chi connectivity index (χ0v) is 19.2. The standard InChI is InChI=1S/C21H29N7O6/c1-3-16(20(32)24-14(10-18(30)31)17(29)12-27-7-4-5-8-27)28-9-6-22-19(21(28)33)23-11-15-13(2)25-34-26-15/h6,9,14,16H,3-5,7-8,10-12H2,1-2H3,(H,22,23)(H,24,32)(H,30,31)/t14-,16+/m0/s1. The van der Waals surface area contributed by atoms with Crippen LogP contribution in [0.4, 0.5) is 5.82 Å². The number of carboxylic acid groups (broad SMARTS) is 1. The van der Waals surface area contributed by atoms with Gasteiger partial charge in [-0.25, -0.2) is 9.61 Å². The summed E-state index contributed by atoms with van der Waals surface area (Å²) in [5.41, 5.74) is 0.531. The number of carbonyl (C=O) groups is 3. The van der Waals surface area contributed by atoms with Crippen molar-refractivity contribution < 1.29 is 24.1 Å². The molecule has 3 rings (SSSR count). The summed E-state index contributed by atoms with van der Waals surface area (Å²) in [5, 5.41) is 22.1. The number of Topliss-reactive ketones (excluding diaryl/α,β-unsaturated/α-hetero) is 1. The van der Waals surface area contributed by atoms with E-state index in [1.807, 2.05) is 4.90 Å². The first-order chi connectivity index (χ1) is 16.3. The molecule has 3 heterocycles. The predicted octanol–water partition coefficient (Wildman–Crippen LogP) is 0.122. The van der Waals surface area contributed by atoms with E-state index in [4.69, 9.17) is 0 Å². The second kappa shape index (κ2) is 11.5. The van der Waals surface area contributed by atoms with Crippen LogP contribution in [0.1, 0.15) is 50.0 Å². The number of anilines is 1. The number of likely N-dealkylation sites (tertiary alicyclic amines) is 1. The van der Waals surface area contributed by atoms with Crippen LogP contribution in [-0.4, -0.2) is 73.2 Å². The van der Waals surface area contributed by atoms with Gasteiger partial charge in [0.2, 0.25) is 5.91 Å². The third-order valence-electron chi connectivity index (χ3n) is 5.72. The monoisotopic (exact) mass is 475 g/mol. The summed E-state index contributed by atoms with van der Waals surface area (Å²) >= 11 is 0. The van der Waals surface area contributed by atoms with Crippen LogP contribution in [0.25, 0.3) is 0 Å². The molecule has 0 radical (unpaired) electrons. The Hall–Kier alpha value is -3.61. The van der Waals surface area contributed by atoms with Gasteiger partial charge in [-0.1, -0.05) is 17.2 Å². The zero-order chi connectivity index (χ0) is 24.7. The lowest BCUT2D eigenvalue weighted by molar-refractivity contribution is -0.140. The molecule has 1 saturated heterocycles. The zero-order valence-electron chi connectivity index (χ0n) is 19.2. The number of aromatic nitrogens is 4. The van der Waals surface area contributed by atoms with Gasteiger partial charge in [0.15, 0.2) is 11.6 Å². The summed E-state index contributed by atoms with van der Waals surface area (Å²) in [4.78, 5) is 56.1. The number of aryl methyl sites for hydroxylation is 1. The number of aliphatic carboxylic acids is 1. The van der Waals surface area contributed by atoms with Crippen molar-refractivity contribution in [3.63, 3.8) is 0 Å². The number of hydrogen-bond acceptors (Lipinski definition) is 10. The molecular weight excluding hydrogens is 446 g/mol. The van der Waals surface area contributed by atoms with Crippen molar-refractivity contribution in [2.24, 2.45) is 0 Å². The minimum atomic E-state index is -1.20. The number of amides is 1. The Bertz CT molecular complexity index is 1080. The fourth-order valence-electron chi connectivity index (χ4n) is 3.84. The molecule has 34 heavy (non-hydrogen) atoms. The van der Waals surface area contributed by atoms with Crippen molar-refractivity contribution in [2.45, 2.75) is 58.2 Å². The van der Waals surface area contributed by atoms with E-state index >= 15 is 0 Å². The van der Waals surface area contributed by atoms with Gasteiger partial charge < -0.3 is 15.7 Å². The smallest absolute Gasteiger partial charge is 0.305 e. The van der Waals surface area contributed by atoms with Crippen LogP contribution in [0.3, 0.4) is 0 Å². The number of rotatable bonds is 12. The van der Waals surface area contributed by atoms with E-state index in [0.717, 1.165) is 25.9 Å². The fraction of sp³-hybridized carbons (Fsp3) is 0.571. The summed E-state index contributed by atoms with van der Waals surface area (Å²) in [5.74, 6) is -2.17. The second-order valence-electron chi connectivity index (χ2n) is 8.17. The second-order valence-corrected chi connectivity index (χ2v) is 8.17. The molecule has 13 nitrogen and oxygen atoms in total. The van der Waals surface area contributed by atoms with Crippen LogP contribution in [0, 0.1) is 6.92 Å². The summed E-state index contributed by atoms with van der Waals surface area (Å²) in [6, 6.07) is -2.14. The van der Waals surface area contributed by atoms with Crippen LogP contribution in [-0.2, 0) is 20.9 Å². The largest absolute Gasteiger partial charge is 0.481 e. The molecule has 0 bridgehead atoms. The van der Waals surface area contributed by atoms with Gasteiger partial charge in [-0.2, -0.15) is 0 Å². The Balaban J connectivity index is 1.73. The van der Waals surface area contributed by atoms with Crippen molar-refractivity contribution in [3.05, 3.63) is 34.1 Å². The average Bonchev–Trinajstić information content (AvgIpc) is 3.45. The average molecular weight is 476 g/mol. The van der Waals surface area contributed by atoms with Crippen molar-refractivity contribution in [2.75, 3.05) is 25.0 Å². The van der Waals surface area contributed by atoms with Crippen molar-refractivity contribution in [1.29, 1.82) is 0 Å². The van der Waals surface area contributed by atoms with Gasteiger partial charge in [-0.15, -0.1) is 0 Å². The maximum Gasteiger partial charge on any atom is 0.305 e. The molecule has 0 spiro atoms. The maximum absolute atomic E-state index is 13.1. The van der Waals surface area contributed by atoms with E-state index in [9.17, 15) is 24.3 Å². The number of ketones is 1. The normalized spacial score (nSPS) is 15.6. The molecule has 3 N–H and O–H groups in total. The molecule has 2 aromatic heterocycles. The molecule has 0 aromatic carbocycles. The Morgan fingerprint density at radius 3 is 2.59 bits per heavy atom. The Morgan fingerprint density at radius 2 is 1.97 bits per heavy atom. The first kappa shape index (κ1) is 25.0. The third-order valence-corrected chi connectivity index (χ3v) is 5.72. The summed E-state index contributed by atoms with van der Waals surface area (Å²) in [6.07, 6.45) is 4.42. The highest BCUT2D eigenvalue weighted by Crippen LogP contribution is 2.13. The first-order valence-electron chi connectivity index (χ1n) is 11.2. The highest BCUT2D eigenvalue weighted by Gasteiger charge is 2.29. The molecule has 0 unspecified atom stereocenters. The van der Waals surface area contributed by atoms with Crippen LogP contribution in [0.2, 0.25) is 0 Å². The molecule has 13 heteroatoms. The third kappa shape index (κ3) is 6.25. The Kier molecular flexibility index (Phi) is 8.46. The summed E-state index contributed by atoms with van der Waals surface area (Å²) < 4.78 is 5.84. The van der Waals surface area contributed by atoms with Gasteiger partial charge in [0.05, 0.1) is 25.6 Å². The van der Waals surface area contributed by atoms with Gasteiger partial charge in [-0.05, 0) is 39.3 Å². The highest BCUT2D eigenvalue weighted by molar-refractivity contribution is 5.94. The molecule has 2 aromatic rings. The van der Waals surface area contributed by atoms with Crippen LogP contribution in [0.5, 0.6) is 0 Å². The van der Waals surface area contributed by atoms with E-state index < -0.39 is 35.9 Å². The van der Waals surface area contributed by atoms with Crippen molar-refractivity contribution in [3.8, 4) is 0 Å². The summed E-state index contributed by atoms with van der Waals surface area (Å²) in [6.45, 7) is 5.18. The Morgan fingerprint density at radius 1 is 1.24 bits per heavy atom. The van der Waals surface area contributed by atoms with Gasteiger partial charge in [0, 0.05) is 12.4 Å². The number of carbonyl (C=O) groups excluding carboxylic acids is 2. The molecule has 184 valence electrons. The summed E-state index contributed by atoms with van der Waals surface area (Å²) in [7, 11) is 0. The van der Waals surface area contributed by atoms with Gasteiger partial charge in [0.25, 0.3) is 5.56 Å². The van der Waals surface area contributed by atoms with Crippen molar-refractivity contribution >= 4 is 23.5 Å². The quantitative estimate of drug-likeness (QED) is 0.380. The van der Waals surface area contributed by atoms with E-state index in [1.54, 1.807) is 13.8 Å². The molecular formula is C21H29N7O6. The number of carboxylic acids is 1. The van der Waals surface area contributed by atoms with Gasteiger partial charge in [0.1, 0.15) is 17.4 Å². The van der Waals surface area contributed by atoms with Gasteiger partial charge in [-0.3, -0.25) is 28.6 Å². The lowest BCUT2D eigenvalue weighted by atomic mass is 10.1. The van der Waals surface area contributed by atoms with E-state index in [1.165, 1.54) is 17.0 Å². The maximum atomic E-state index is 13.1. The molecule has 1 amide bonds. The SMILES string of the molecule is CC[C@H](C(=O)N[C@@H](CC(=O)O)C(=O)CN1CCCC1)n1ccnc(NCc2nonc2C)c1=O. The van der Waals surface area contributed by atoms with E-state index in [2.05, 4.69) is 30.6 Å². The van der Waals surface area contributed by atoms with Crippen molar-refractivity contribution in [1.82, 2.24) is 30.1 Å². The van der Waals surface area contributed by atoms with E-state index in [0.29, 0.717) is 11.4 Å². The molecule has 0 aliphatic carbocycles. The fourth-order valence-corrected chi connectivity index (χ4v) is 3.84. The lowest BCUT2D eigenvalue weighted by Crippen LogP contribution is -2.49. The number of nitrogens with zero attached hydrogens (tertiary/aromatic N) is 5. The number of hydrogen-bond donors (Lipinski definition) is 3. The lowest BCUT2D eigenvalue weighted by Gasteiger charge is -2.23. The first-order valence-corrected chi connectivity index (χ1v) is 11.2. The molecule has 2 atom stereocenters. The number of nitrogens with one attached hydrogen (secondary N) is 2. The molecule has 1 aliphatic rings. The van der Waals surface area contributed by atoms with Crippen LogP contribution >= 0.6 is 0 Å². The van der Waals surface area contributed by atoms with Gasteiger partial charge >= 0.3 is 5.97 Å². The highest BCUT2D eigenvalue weighted by atomic mass is 16.6. The molecule has 0 saturated carbocycles. The topological polar surface area (TPSA) is 173 Å². The predicted molar refractivity (Wildman–Crippen MR) is 119 cm³/mol. The Labute approximate surface area is 195 Å². The molecule has 1 aliphatic heterocycles. The molecule has 1 fully saturated rings. The van der Waals surface area contributed by atoms with E-state index in [-0.39, 0.29) is 31.1 Å².